The number of carbonyl (C=O) groups excluding carboxylic acids is 2. The molecule has 3 heterocycles. The molecule has 1 unspecified atom stereocenters. The lowest BCUT2D eigenvalue weighted by Gasteiger charge is -2.32. The number of morpholine rings is 1. The largest absolute Gasteiger partial charge is 0.454 e. The Hall–Kier alpha value is -2.75. The molecular formula is C21H22N3O5S+. The Balaban J connectivity index is 1.25. The Morgan fingerprint density at radius 1 is 1.13 bits per heavy atom. The Labute approximate surface area is 177 Å². The van der Waals surface area contributed by atoms with Crippen molar-refractivity contribution in [2.45, 2.75) is 16.8 Å². The van der Waals surface area contributed by atoms with E-state index in [-0.39, 0.29) is 24.0 Å². The first-order valence-electron chi connectivity index (χ1n) is 9.88. The molecule has 9 heteroatoms. The van der Waals surface area contributed by atoms with Crippen LogP contribution < -0.4 is 25.0 Å². The molecule has 3 N–H and O–H groups in total. The fraction of sp³-hybridized carbons (Fsp3) is 0.333. The maximum absolute atomic E-state index is 12.6. The van der Waals surface area contributed by atoms with Gasteiger partial charge in [-0.3, -0.25) is 9.59 Å². The number of thioether (sulfide) groups is 1. The number of hydrogen-bond acceptors (Lipinski definition) is 6. The zero-order chi connectivity index (χ0) is 20.5. The van der Waals surface area contributed by atoms with Gasteiger partial charge in [-0.05, 0) is 35.9 Å². The number of rotatable bonds is 4. The van der Waals surface area contributed by atoms with Crippen LogP contribution in [0.1, 0.15) is 15.9 Å². The van der Waals surface area contributed by atoms with E-state index in [9.17, 15) is 9.59 Å². The minimum Gasteiger partial charge on any atom is -0.454 e. The van der Waals surface area contributed by atoms with Gasteiger partial charge in [0, 0.05) is 17.0 Å². The summed E-state index contributed by atoms with van der Waals surface area (Å²) in [6.07, 6.45) is 0. The molecule has 0 saturated carbocycles. The van der Waals surface area contributed by atoms with Gasteiger partial charge in [0.05, 0.1) is 18.9 Å². The van der Waals surface area contributed by atoms with Crippen molar-refractivity contribution in [2.24, 2.45) is 0 Å². The predicted octanol–water partition coefficient (Wildman–Crippen LogP) is 0.631. The third kappa shape index (κ3) is 3.83. The molecule has 1 fully saturated rings. The monoisotopic (exact) mass is 428 g/mol. The van der Waals surface area contributed by atoms with Crippen LogP contribution in [0.2, 0.25) is 0 Å². The van der Waals surface area contributed by atoms with Crippen molar-refractivity contribution in [1.29, 1.82) is 0 Å². The molecule has 2 amide bonds. The molecule has 8 nitrogen and oxygen atoms in total. The summed E-state index contributed by atoms with van der Waals surface area (Å²) in [7, 11) is 0. The van der Waals surface area contributed by atoms with E-state index in [0.29, 0.717) is 42.5 Å². The number of amides is 2. The van der Waals surface area contributed by atoms with Crippen molar-refractivity contribution in [1.82, 2.24) is 5.32 Å². The standard InChI is InChI=1S/C21H21N3O5S/c25-19(22-11-13-1-3-16-17(9-13)29-12-28-16)14-2-4-18-15(10-14)23-20(26)21(30-18)24-5-7-27-8-6-24/h1-4,9-10,21H,5-8,11-12H2,(H,22,25)(H,23,26)/p+1. The van der Waals surface area contributed by atoms with Gasteiger partial charge in [-0.1, -0.05) is 17.8 Å². The first-order chi connectivity index (χ1) is 14.7. The summed E-state index contributed by atoms with van der Waals surface area (Å²) >= 11 is 1.55. The van der Waals surface area contributed by atoms with E-state index in [0.717, 1.165) is 23.5 Å². The number of fused-ring (bicyclic) bond motifs is 2. The van der Waals surface area contributed by atoms with Crippen LogP contribution in [0.4, 0.5) is 5.69 Å². The number of hydrogen-bond donors (Lipinski definition) is 3. The molecule has 1 atom stereocenters. The minimum atomic E-state index is -0.198. The molecule has 5 rings (SSSR count). The molecule has 3 aliphatic rings. The normalized spacial score (nSPS) is 20.4. The highest BCUT2D eigenvalue weighted by Crippen LogP contribution is 2.35. The number of benzene rings is 2. The Kier molecular flexibility index (Phi) is 5.24. The highest BCUT2D eigenvalue weighted by atomic mass is 32.2. The van der Waals surface area contributed by atoms with Crippen LogP contribution in [-0.2, 0) is 16.1 Å². The number of carbonyl (C=O) groups is 2. The second-order valence-corrected chi connectivity index (χ2v) is 8.49. The lowest BCUT2D eigenvalue weighted by Crippen LogP contribution is -3.18. The van der Waals surface area contributed by atoms with Gasteiger partial charge >= 0.3 is 0 Å². The van der Waals surface area contributed by atoms with E-state index in [4.69, 9.17) is 14.2 Å². The van der Waals surface area contributed by atoms with Crippen LogP contribution in [0, 0.1) is 0 Å². The van der Waals surface area contributed by atoms with Crippen LogP contribution in [0.5, 0.6) is 11.5 Å². The van der Waals surface area contributed by atoms with E-state index < -0.39 is 0 Å². The first kappa shape index (κ1) is 19.2. The average Bonchev–Trinajstić information content (AvgIpc) is 3.25. The highest BCUT2D eigenvalue weighted by molar-refractivity contribution is 8.00. The van der Waals surface area contributed by atoms with E-state index in [1.807, 2.05) is 24.3 Å². The number of ether oxygens (including phenoxy) is 3. The van der Waals surface area contributed by atoms with Gasteiger partial charge in [-0.15, -0.1) is 0 Å². The summed E-state index contributed by atoms with van der Waals surface area (Å²) in [5.74, 6) is 1.18. The van der Waals surface area contributed by atoms with Crippen LogP contribution in [0.15, 0.2) is 41.3 Å². The summed E-state index contributed by atoms with van der Waals surface area (Å²) in [4.78, 5) is 27.5. The summed E-state index contributed by atoms with van der Waals surface area (Å²) in [5.41, 5.74) is 2.11. The Bertz CT molecular complexity index is 993. The molecule has 1 saturated heterocycles. The van der Waals surface area contributed by atoms with Crippen LogP contribution in [0.25, 0.3) is 0 Å². The lowest BCUT2D eigenvalue weighted by atomic mass is 10.1. The van der Waals surface area contributed by atoms with Gasteiger partial charge in [-0.2, -0.15) is 0 Å². The Morgan fingerprint density at radius 2 is 1.97 bits per heavy atom. The van der Waals surface area contributed by atoms with E-state index >= 15 is 0 Å². The quantitative estimate of drug-likeness (QED) is 0.662. The zero-order valence-electron chi connectivity index (χ0n) is 16.2. The molecular weight excluding hydrogens is 406 g/mol. The van der Waals surface area contributed by atoms with Crippen molar-refractivity contribution in [3.05, 3.63) is 47.5 Å². The van der Waals surface area contributed by atoms with Crippen molar-refractivity contribution < 1.29 is 28.7 Å². The molecule has 0 bridgehead atoms. The average molecular weight is 428 g/mol. The predicted molar refractivity (Wildman–Crippen MR) is 110 cm³/mol. The zero-order valence-corrected chi connectivity index (χ0v) is 17.1. The van der Waals surface area contributed by atoms with Crippen LogP contribution >= 0.6 is 11.8 Å². The van der Waals surface area contributed by atoms with Gasteiger partial charge in [0.1, 0.15) is 13.1 Å². The smallest absolute Gasteiger partial charge is 0.294 e. The molecule has 3 aliphatic heterocycles. The number of anilines is 1. The third-order valence-electron chi connectivity index (χ3n) is 5.38. The van der Waals surface area contributed by atoms with Crippen LogP contribution in [-0.4, -0.2) is 50.3 Å². The Morgan fingerprint density at radius 3 is 2.83 bits per heavy atom. The fourth-order valence-corrected chi connectivity index (χ4v) is 4.96. The van der Waals surface area contributed by atoms with Gasteiger partial charge in [0.15, 0.2) is 11.5 Å². The number of quaternary nitrogens is 1. The molecule has 0 radical (unpaired) electrons. The van der Waals surface area contributed by atoms with Crippen molar-refractivity contribution >= 4 is 29.3 Å². The molecule has 2 aromatic carbocycles. The SMILES string of the molecule is O=C(NCc1ccc2c(c1)OCO2)c1ccc2c(c1)NC(=O)C([NH+]1CCOCC1)S2. The summed E-state index contributed by atoms with van der Waals surface area (Å²) in [6.45, 7) is 3.58. The summed E-state index contributed by atoms with van der Waals surface area (Å²) < 4.78 is 16.1. The molecule has 156 valence electrons. The maximum Gasteiger partial charge on any atom is 0.294 e. The minimum absolute atomic E-state index is 0.0256. The van der Waals surface area contributed by atoms with Gasteiger partial charge < -0.3 is 29.7 Å². The second kappa shape index (κ2) is 8.17. The molecule has 0 spiro atoms. The summed E-state index contributed by atoms with van der Waals surface area (Å²) in [5, 5.41) is 5.70. The topological polar surface area (TPSA) is 90.3 Å². The van der Waals surface area contributed by atoms with Crippen molar-refractivity contribution in [3.8, 4) is 11.5 Å². The van der Waals surface area contributed by atoms with Crippen LogP contribution in [0.3, 0.4) is 0 Å². The van der Waals surface area contributed by atoms with E-state index in [2.05, 4.69) is 10.6 Å². The molecule has 0 aliphatic carbocycles. The second-order valence-electron chi connectivity index (χ2n) is 7.34. The van der Waals surface area contributed by atoms with Crippen molar-refractivity contribution in [3.63, 3.8) is 0 Å². The maximum atomic E-state index is 12.6. The molecule has 2 aromatic rings. The van der Waals surface area contributed by atoms with E-state index in [1.54, 1.807) is 23.9 Å². The molecule has 0 aromatic heterocycles. The van der Waals surface area contributed by atoms with Gasteiger partial charge in [0.25, 0.3) is 11.8 Å². The number of nitrogens with one attached hydrogen (secondary N) is 3. The lowest BCUT2D eigenvalue weighted by molar-refractivity contribution is -0.909. The molecule has 30 heavy (non-hydrogen) atoms. The van der Waals surface area contributed by atoms with E-state index in [1.165, 1.54) is 4.90 Å². The fourth-order valence-electron chi connectivity index (χ4n) is 3.75. The summed E-state index contributed by atoms with van der Waals surface area (Å²) in [6, 6.07) is 11.0. The van der Waals surface area contributed by atoms with Crippen molar-refractivity contribution in [2.75, 3.05) is 38.4 Å². The van der Waals surface area contributed by atoms with Gasteiger partial charge in [-0.25, -0.2) is 0 Å². The van der Waals surface area contributed by atoms with Gasteiger partial charge in [0.2, 0.25) is 12.2 Å². The highest BCUT2D eigenvalue weighted by Gasteiger charge is 2.36. The third-order valence-corrected chi connectivity index (χ3v) is 6.77. The first-order valence-corrected chi connectivity index (χ1v) is 10.8.